The molecule has 1 aliphatic rings. The first kappa shape index (κ1) is 9.01. The summed E-state index contributed by atoms with van der Waals surface area (Å²) in [4.78, 5) is 0. The van der Waals surface area contributed by atoms with Gasteiger partial charge in [-0.05, 0) is 12.3 Å². The Labute approximate surface area is 68.9 Å². The summed E-state index contributed by atoms with van der Waals surface area (Å²) in [6, 6.07) is 0. The van der Waals surface area contributed by atoms with Crippen molar-refractivity contribution in [3.63, 3.8) is 0 Å². The molecule has 1 saturated heterocycles. The molecule has 0 amide bonds. The molecule has 0 saturated carbocycles. The van der Waals surface area contributed by atoms with Crippen molar-refractivity contribution in [3.8, 4) is 0 Å². The van der Waals surface area contributed by atoms with Gasteiger partial charge in [0, 0.05) is 6.42 Å². The zero-order valence-corrected chi connectivity index (χ0v) is 7.94. The maximum atomic E-state index is 5.61. The highest BCUT2D eigenvalue weighted by Gasteiger charge is 2.39. The molecule has 1 rings (SSSR count). The van der Waals surface area contributed by atoms with Gasteiger partial charge in [0.15, 0.2) is 0 Å². The van der Waals surface area contributed by atoms with Crippen LogP contribution in [-0.4, -0.2) is 19.0 Å². The Morgan fingerprint density at radius 2 is 1.91 bits per heavy atom. The van der Waals surface area contributed by atoms with Gasteiger partial charge in [-0.15, -0.1) is 0 Å². The second kappa shape index (κ2) is 2.76. The smallest absolute Gasteiger partial charge is 0.147 e. The fourth-order valence-corrected chi connectivity index (χ4v) is 1.16. The van der Waals surface area contributed by atoms with Gasteiger partial charge < -0.3 is 9.47 Å². The molecule has 1 heterocycles. The van der Waals surface area contributed by atoms with E-state index in [0.717, 1.165) is 13.0 Å². The van der Waals surface area contributed by atoms with Crippen molar-refractivity contribution in [3.05, 3.63) is 0 Å². The Morgan fingerprint density at radius 1 is 1.27 bits per heavy atom. The summed E-state index contributed by atoms with van der Waals surface area (Å²) in [5.74, 6) is 0. The maximum absolute atomic E-state index is 5.61. The normalized spacial score (nSPS) is 33.8. The van der Waals surface area contributed by atoms with Gasteiger partial charge >= 0.3 is 0 Å². The molecule has 0 spiro atoms. The van der Waals surface area contributed by atoms with Crippen LogP contribution in [0.5, 0.6) is 0 Å². The molecule has 2 nitrogen and oxygen atoms in total. The van der Waals surface area contributed by atoms with E-state index in [1.165, 1.54) is 0 Å². The summed E-state index contributed by atoms with van der Waals surface area (Å²) in [5.41, 5.74) is 0.196. The Bertz CT molecular complexity index is 129. The fraction of sp³-hybridized carbons (Fsp3) is 1.00. The van der Waals surface area contributed by atoms with Crippen LogP contribution in [0, 0.1) is 5.41 Å². The molecule has 1 unspecified atom stereocenters. The van der Waals surface area contributed by atoms with Gasteiger partial charge in [0.1, 0.15) is 6.79 Å². The van der Waals surface area contributed by atoms with Crippen molar-refractivity contribution in [2.24, 2.45) is 5.41 Å². The molecule has 0 aromatic rings. The highest BCUT2D eigenvalue weighted by molar-refractivity contribution is 4.88. The average Bonchev–Trinajstić information content (AvgIpc) is 1.87. The van der Waals surface area contributed by atoms with E-state index in [-0.39, 0.29) is 11.0 Å². The molecule has 2 heteroatoms. The molecule has 0 N–H and O–H groups in total. The highest BCUT2D eigenvalue weighted by Crippen LogP contribution is 2.37. The van der Waals surface area contributed by atoms with E-state index < -0.39 is 0 Å². The monoisotopic (exact) mass is 158 g/mol. The first-order chi connectivity index (χ1) is 4.96. The van der Waals surface area contributed by atoms with Crippen molar-refractivity contribution in [2.75, 3.05) is 13.4 Å². The zero-order chi connectivity index (χ0) is 8.54. The van der Waals surface area contributed by atoms with Crippen molar-refractivity contribution in [2.45, 2.75) is 39.7 Å². The number of rotatable bonds is 0. The van der Waals surface area contributed by atoms with E-state index in [4.69, 9.17) is 9.47 Å². The molecule has 1 fully saturated rings. The summed E-state index contributed by atoms with van der Waals surface area (Å²) in [6.45, 7) is 10.1. The van der Waals surface area contributed by atoms with E-state index in [2.05, 4.69) is 27.7 Å². The predicted octanol–water partition coefficient (Wildman–Crippen LogP) is 2.19. The highest BCUT2D eigenvalue weighted by atomic mass is 16.7. The molecular weight excluding hydrogens is 140 g/mol. The second-order valence-corrected chi connectivity index (χ2v) is 4.40. The third-order valence-corrected chi connectivity index (χ3v) is 2.77. The van der Waals surface area contributed by atoms with Gasteiger partial charge in [-0.1, -0.05) is 20.8 Å². The second-order valence-electron chi connectivity index (χ2n) is 4.40. The number of ether oxygens (including phenoxy) is 2. The Morgan fingerprint density at radius 3 is 2.18 bits per heavy atom. The van der Waals surface area contributed by atoms with Crippen LogP contribution in [0.2, 0.25) is 0 Å². The van der Waals surface area contributed by atoms with Gasteiger partial charge in [-0.2, -0.15) is 0 Å². The van der Waals surface area contributed by atoms with Crippen LogP contribution in [0.1, 0.15) is 34.1 Å². The van der Waals surface area contributed by atoms with Crippen LogP contribution >= 0.6 is 0 Å². The SMILES string of the molecule is CC(C)(C)C1(C)CCOCO1. The number of hydrogen-bond donors (Lipinski definition) is 0. The van der Waals surface area contributed by atoms with Crippen molar-refractivity contribution in [1.82, 2.24) is 0 Å². The Kier molecular flexibility index (Phi) is 2.26. The van der Waals surface area contributed by atoms with Gasteiger partial charge in [-0.3, -0.25) is 0 Å². The predicted molar refractivity (Wildman–Crippen MR) is 44.4 cm³/mol. The standard InChI is InChI=1S/C9H18O2/c1-8(2,3)9(4)5-6-10-7-11-9/h5-7H2,1-4H3. The van der Waals surface area contributed by atoms with Crippen LogP contribution in [0.3, 0.4) is 0 Å². The third kappa shape index (κ3) is 1.74. The quantitative estimate of drug-likeness (QED) is 0.538. The fourth-order valence-electron chi connectivity index (χ4n) is 1.16. The van der Waals surface area contributed by atoms with Crippen LogP contribution in [0.15, 0.2) is 0 Å². The Hall–Kier alpha value is -0.0800. The topological polar surface area (TPSA) is 18.5 Å². The first-order valence-electron chi connectivity index (χ1n) is 4.17. The van der Waals surface area contributed by atoms with E-state index >= 15 is 0 Å². The van der Waals surface area contributed by atoms with Crippen LogP contribution in [-0.2, 0) is 9.47 Å². The summed E-state index contributed by atoms with van der Waals surface area (Å²) < 4.78 is 10.7. The molecule has 0 aliphatic carbocycles. The minimum absolute atomic E-state index is 0.00868. The average molecular weight is 158 g/mol. The van der Waals surface area contributed by atoms with E-state index in [9.17, 15) is 0 Å². The van der Waals surface area contributed by atoms with Gasteiger partial charge in [0.25, 0.3) is 0 Å². The zero-order valence-electron chi connectivity index (χ0n) is 7.94. The van der Waals surface area contributed by atoms with Crippen molar-refractivity contribution >= 4 is 0 Å². The van der Waals surface area contributed by atoms with Gasteiger partial charge in [0.2, 0.25) is 0 Å². The molecule has 0 aromatic heterocycles. The molecule has 1 atom stereocenters. The minimum Gasteiger partial charge on any atom is -0.355 e. The molecule has 1 aliphatic heterocycles. The Balaban J connectivity index is 2.64. The van der Waals surface area contributed by atoms with Gasteiger partial charge in [-0.25, -0.2) is 0 Å². The molecule has 0 radical (unpaired) electrons. The lowest BCUT2D eigenvalue weighted by Crippen LogP contribution is -2.46. The largest absolute Gasteiger partial charge is 0.355 e. The summed E-state index contributed by atoms with van der Waals surface area (Å²) in [7, 11) is 0. The molecule has 11 heavy (non-hydrogen) atoms. The molecule has 0 aromatic carbocycles. The van der Waals surface area contributed by atoms with Crippen molar-refractivity contribution in [1.29, 1.82) is 0 Å². The third-order valence-electron chi connectivity index (χ3n) is 2.77. The van der Waals surface area contributed by atoms with Crippen LogP contribution in [0.4, 0.5) is 0 Å². The first-order valence-corrected chi connectivity index (χ1v) is 4.17. The summed E-state index contributed by atoms with van der Waals surface area (Å²) in [6.07, 6.45) is 0.997. The van der Waals surface area contributed by atoms with E-state index in [1.54, 1.807) is 0 Å². The van der Waals surface area contributed by atoms with E-state index in [1.807, 2.05) is 0 Å². The van der Waals surface area contributed by atoms with Crippen molar-refractivity contribution < 1.29 is 9.47 Å². The maximum Gasteiger partial charge on any atom is 0.147 e. The summed E-state index contributed by atoms with van der Waals surface area (Å²) >= 11 is 0. The molecule has 0 bridgehead atoms. The minimum atomic E-state index is -0.00868. The lowest BCUT2D eigenvalue weighted by Gasteiger charge is -2.44. The van der Waals surface area contributed by atoms with Crippen LogP contribution < -0.4 is 0 Å². The van der Waals surface area contributed by atoms with E-state index in [0.29, 0.717) is 6.79 Å². The lowest BCUT2D eigenvalue weighted by atomic mass is 9.75. The number of hydrogen-bond acceptors (Lipinski definition) is 2. The van der Waals surface area contributed by atoms with Crippen LogP contribution in [0.25, 0.3) is 0 Å². The summed E-state index contributed by atoms with van der Waals surface area (Å²) in [5, 5.41) is 0. The lowest BCUT2D eigenvalue weighted by molar-refractivity contribution is -0.222. The molecular formula is C9H18O2. The van der Waals surface area contributed by atoms with Gasteiger partial charge in [0.05, 0.1) is 12.2 Å². The molecule has 66 valence electrons.